The summed E-state index contributed by atoms with van der Waals surface area (Å²) in [6.07, 6.45) is 0. The summed E-state index contributed by atoms with van der Waals surface area (Å²) in [4.78, 5) is 35.0. The first-order valence-electron chi connectivity index (χ1n) is 9.15. The lowest BCUT2D eigenvalue weighted by Crippen LogP contribution is -2.32. The number of nitro benzene ring substituents is 1. The Morgan fingerprint density at radius 3 is 2.57 bits per heavy atom. The summed E-state index contributed by atoms with van der Waals surface area (Å²) in [7, 11) is 1.58. The van der Waals surface area contributed by atoms with E-state index < -0.39 is 10.8 Å². The van der Waals surface area contributed by atoms with Crippen LogP contribution in [0.3, 0.4) is 0 Å². The lowest BCUT2D eigenvalue weighted by molar-refractivity contribution is -0.385. The SMILES string of the molecule is COc1ccc(-c2ccc(=O)n(CCNC(=O)c3cccc([N+](=O)[O-])c3C)n2)cc1. The van der Waals surface area contributed by atoms with E-state index in [-0.39, 0.29) is 35.5 Å². The van der Waals surface area contributed by atoms with Crippen LogP contribution in [0.2, 0.25) is 0 Å². The molecule has 1 heterocycles. The number of nitro groups is 1. The van der Waals surface area contributed by atoms with Crippen molar-refractivity contribution in [3.63, 3.8) is 0 Å². The average Bonchev–Trinajstić information content (AvgIpc) is 2.75. The number of methoxy groups -OCH3 is 1. The predicted molar refractivity (Wildman–Crippen MR) is 111 cm³/mol. The number of hydrogen-bond acceptors (Lipinski definition) is 6. The molecular weight excluding hydrogens is 388 g/mol. The molecule has 3 aromatic rings. The zero-order valence-corrected chi connectivity index (χ0v) is 16.5. The molecule has 0 atom stereocenters. The number of rotatable bonds is 7. The van der Waals surface area contributed by atoms with Crippen molar-refractivity contribution in [3.8, 4) is 17.0 Å². The number of benzene rings is 2. The van der Waals surface area contributed by atoms with E-state index in [4.69, 9.17) is 4.74 Å². The number of aromatic nitrogens is 2. The molecule has 0 spiro atoms. The van der Waals surface area contributed by atoms with Gasteiger partial charge in [0.25, 0.3) is 17.2 Å². The first-order valence-corrected chi connectivity index (χ1v) is 9.15. The van der Waals surface area contributed by atoms with Crippen molar-refractivity contribution in [2.24, 2.45) is 0 Å². The highest BCUT2D eigenvalue weighted by Crippen LogP contribution is 2.21. The summed E-state index contributed by atoms with van der Waals surface area (Å²) in [5, 5.41) is 18.1. The second-order valence-corrected chi connectivity index (χ2v) is 6.47. The van der Waals surface area contributed by atoms with Gasteiger partial charge in [-0.1, -0.05) is 6.07 Å². The largest absolute Gasteiger partial charge is 0.497 e. The Hall–Kier alpha value is -4.01. The minimum absolute atomic E-state index is 0.118. The summed E-state index contributed by atoms with van der Waals surface area (Å²) in [5.74, 6) is 0.266. The van der Waals surface area contributed by atoms with Gasteiger partial charge in [0.1, 0.15) is 5.75 Å². The number of carbonyl (C=O) groups excluding carboxylic acids is 1. The molecule has 0 saturated carbocycles. The van der Waals surface area contributed by atoms with Gasteiger partial charge in [0.05, 0.1) is 24.3 Å². The van der Waals surface area contributed by atoms with Crippen molar-refractivity contribution in [1.29, 1.82) is 0 Å². The smallest absolute Gasteiger partial charge is 0.273 e. The lowest BCUT2D eigenvalue weighted by atomic mass is 10.1. The van der Waals surface area contributed by atoms with Crippen LogP contribution in [-0.2, 0) is 6.54 Å². The molecule has 0 aliphatic heterocycles. The molecule has 0 unspecified atom stereocenters. The fourth-order valence-electron chi connectivity index (χ4n) is 2.96. The fraction of sp³-hybridized carbons (Fsp3) is 0.190. The predicted octanol–water partition coefficient (Wildman–Crippen LogP) is 2.57. The van der Waals surface area contributed by atoms with E-state index in [9.17, 15) is 19.7 Å². The van der Waals surface area contributed by atoms with Crippen molar-refractivity contribution in [2.45, 2.75) is 13.5 Å². The number of nitrogens with zero attached hydrogens (tertiary/aromatic N) is 3. The highest BCUT2D eigenvalue weighted by Gasteiger charge is 2.17. The summed E-state index contributed by atoms with van der Waals surface area (Å²) in [5.41, 5.74) is 1.52. The van der Waals surface area contributed by atoms with Gasteiger partial charge in [-0.15, -0.1) is 0 Å². The molecule has 9 heteroatoms. The Bertz CT molecular complexity index is 1140. The second kappa shape index (κ2) is 8.99. The summed E-state index contributed by atoms with van der Waals surface area (Å²) >= 11 is 0. The molecule has 0 saturated heterocycles. The molecule has 1 aromatic heterocycles. The van der Waals surface area contributed by atoms with E-state index in [0.29, 0.717) is 11.4 Å². The van der Waals surface area contributed by atoms with E-state index in [1.165, 1.54) is 35.9 Å². The van der Waals surface area contributed by atoms with E-state index >= 15 is 0 Å². The molecule has 0 bridgehead atoms. The number of carbonyl (C=O) groups is 1. The van der Waals surface area contributed by atoms with Gasteiger partial charge in [-0.3, -0.25) is 19.7 Å². The maximum atomic E-state index is 12.4. The quantitative estimate of drug-likeness (QED) is 0.474. The summed E-state index contributed by atoms with van der Waals surface area (Å²) in [6.45, 7) is 1.82. The molecule has 0 fully saturated rings. The van der Waals surface area contributed by atoms with Gasteiger partial charge in [0.15, 0.2) is 0 Å². The van der Waals surface area contributed by atoms with Gasteiger partial charge in [0.2, 0.25) is 0 Å². The highest BCUT2D eigenvalue weighted by atomic mass is 16.6. The molecule has 1 amide bonds. The van der Waals surface area contributed by atoms with E-state index in [2.05, 4.69) is 10.4 Å². The molecule has 30 heavy (non-hydrogen) atoms. The van der Waals surface area contributed by atoms with Crippen molar-refractivity contribution < 1.29 is 14.5 Å². The molecule has 0 aliphatic carbocycles. The Kier molecular flexibility index (Phi) is 6.21. The van der Waals surface area contributed by atoms with Crippen LogP contribution in [0.15, 0.2) is 59.4 Å². The van der Waals surface area contributed by atoms with E-state index in [1.807, 2.05) is 12.1 Å². The summed E-state index contributed by atoms with van der Waals surface area (Å²) in [6, 6.07) is 14.6. The highest BCUT2D eigenvalue weighted by molar-refractivity contribution is 5.96. The Balaban J connectivity index is 1.70. The van der Waals surface area contributed by atoms with Gasteiger partial charge < -0.3 is 10.1 Å². The molecule has 1 N–H and O–H groups in total. The first-order chi connectivity index (χ1) is 14.4. The normalized spacial score (nSPS) is 10.5. The maximum Gasteiger partial charge on any atom is 0.273 e. The topological polar surface area (TPSA) is 116 Å². The van der Waals surface area contributed by atoms with Crippen LogP contribution in [0.25, 0.3) is 11.3 Å². The molecule has 2 aromatic carbocycles. The van der Waals surface area contributed by atoms with Crippen molar-refractivity contribution in [3.05, 3.63) is 86.2 Å². The Morgan fingerprint density at radius 2 is 1.90 bits per heavy atom. The van der Waals surface area contributed by atoms with Gasteiger partial charge in [-0.25, -0.2) is 4.68 Å². The average molecular weight is 408 g/mol. The van der Waals surface area contributed by atoms with Crippen LogP contribution >= 0.6 is 0 Å². The molecule has 9 nitrogen and oxygen atoms in total. The molecule has 3 rings (SSSR count). The third-order valence-electron chi connectivity index (χ3n) is 4.61. The standard InChI is InChI=1S/C21H20N4O5/c1-14-17(4-3-5-19(14)25(28)29)21(27)22-12-13-24-20(26)11-10-18(23-24)15-6-8-16(30-2)9-7-15/h3-11H,12-13H2,1-2H3,(H,22,27). The third kappa shape index (κ3) is 4.52. The number of hydrogen-bond donors (Lipinski definition) is 1. The first kappa shape index (κ1) is 20.7. The van der Waals surface area contributed by atoms with Crippen molar-refractivity contribution >= 4 is 11.6 Å². The molecule has 0 aliphatic rings. The zero-order valence-electron chi connectivity index (χ0n) is 16.5. The Labute approximate surface area is 172 Å². The minimum atomic E-state index is -0.528. The minimum Gasteiger partial charge on any atom is -0.497 e. The van der Waals surface area contributed by atoms with Crippen molar-refractivity contribution in [2.75, 3.05) is 13.7 Å². The number of nitrogens with one attached hydrogen (secondary N) is 1. The van der Waals surface area contributed by atoms with Crippen LogP contribution in [0.4, 0.5) is 5.69 Å². The number of ether oxygens (including phenoxy) is 1. The number of amides is 1. The fourth-order valence-corrected chi connectivity index (χ4v) is 2.96. The zero-order chi connectivity index (χ0) is 21.7. The molecule has 0 radical (unpaired) electrons. The van der Waals surface area contributed by atoms with Crippen LogP contribution in [0.1, 0.15) is 15.9 Å². The Morgan fingerprint density at radius 1 is 1.17 bits per heavy atom. The van der Waals surface area contributed by atoms with Crippen LogP contribution in [0.5, 0.6) is 5.75 Å². The monoisotopic (exact) mass is 408 g/mol. The van der Waals surface area contributed by atoms with Crippen LogP contribution in [-0.4, -0.2) is 34.3 Å². The van der Waals surface area contributed by atoms with Gasteiger partial charge >= 0.3 is 0 Å². The van der Waals surface area contributed by atoms with Gasteiger partial charge in [-0.05, 0) is 43.3 Å². The molecular formula is C21H20N4O5. The maximum absolute atomic E-state index is 12.4. The van der Waals surface area contributed by atoms with Crippen LogP contribution in [0, 0.1) is 17.0 Å². The van der Waals surface area contributed by atoms with Gasteiger partial charge in [-0.2, -0.15) is 5.10 Å². The lowest BCUT2D eigenvalue weighted by Gasteiger charge is -2.10. The third-order valence-corrected chi connectivity index (χ3v) is 4.61. The van der Waals surface area contributed by atoms with Crippen LogP contribution < -0.4 is 15.6 Å². The second-order valence-electron chi connectivity index (χ2n) is 6.47. The van der Waals surface area contributed by atoms with E-state index in [0.717, 1.165) is 5.56 Å². The molecule has 154 valence electrons. The van der Waals surface area contributed by atoms with Crippen molar-refractivity contribution in [1.82, 2.24) is 15.1 Å². The van der Waals surface area contributed by atoms with Gasteiger partial charge in [0, 0.05) is 35.4 Å². The van der Waals surface area contributed by atoms with E-state index in [1.54, 1.807) is 25.3 Å². The summed E-state index contributed by atoms with van der Waals surface area (Å²) < 4.78 is 6.40.